The van der Waals surface area contributed by atoms with Crippen molar-refractivity contribution < 1.29 is 29.2 Å². The third kappa shape index (κ3) is 1.76. The molecule has 18 heavy (non-hydrogen) atoms. The van der Waals surface area contributed by atoms with Crippen molar-refractivity contribution in [1.29, 1.82) is 0 Å². The van der Waals surface area contributed by atoms with Gasteiger partial charge >= 0.3 is 5.97 Å². The normalized spacial score (nSPS) is 35.2. The Morgan fingerprint density at radius 1 is 1.17 bits per heavy atom. The number of carbonyl (C=O) groups is 1. The molecule has 3 aliphatic rings. The van der Waals surface area contributed by atoms with Crippen LogP contribution in [0.2, 0.25) is 0 Å². The number of cyclic esters (lactones) is 1. The molecular weight excluding hydrogens is 240 g/mol. The number of carbonyl (C=O) groups excluding carboxylic acids is 1. The van der Waals surface area contributed by atoms with Crippen LogP contribution in [0.15, 0.2) is 11.5 Å². The molecule has 1 spiro atoms. The zero-order valence-electron chi connectivity index (χ0n) is 9.92. The predicted molar refractivity (Wildman–Crippen MR) is 58.8 cm³/mol. The fourth-order valence-corrected chi connectivity index (χ4v) is 2.80. The van der Waals surface area contributed by atoms with Crippen molar-refractivity contribution in [1.82, 2.24) is 0 Å². The summed E-state index contributed by atoms with van der Waals surface area (Å²) in [6, 6.07) is 0. The quantitative estimate of drug-likeness (QED) is 0.688. The summed E-state index contributed by atoms with van der Waals surface area (Å²) in [5.41, 5.74) is 0. The van der Waals surface area contributed by atoms with Crippen LogP contribution in [0.5, 0.6) is 0 Å². The summed E-state index contributed by atoms with van der Waals surface area (Å²) in [6.45, 7) is 0.259. The van der Waals surface area contributed by atoms with E-state index in [9.17, 15) is 15.0 Å². The van der Waals surface area contributed by atoms with E-state index in [1.54, 1.807) is 0 Å². The maximum absolute atomic E-state index is 11.1. The summed E-state index contributed by atoms with van der Waals surface area (Å²) in [5, 5.41) is 18.9. The van der Waals surface area contributed by atoms with E-state index in [4.69, 9.17) is 14.2 Å². The summed E-state index contributed by atoms with van der Waals surface area (Å²) < 4.78 is 16.4. The zero-order valence-corrected chi connectivity index (χ0v) is 9.92. The van der Waals surface area contributed by atoms with Gasteiger partial charge in [-0.05, 0) is 12.8 Å². The Balaban J connectivity index is 1.71. The highest BCUT2D eigenvalue weighted by Crippen LogP contribution is 2.40. The second-order valence-corrected chi connectivity index (χ2v) is 5.00. The van der Waals surface area contributed by atoms with Crippen LogP contribution in [0.3, 0.4) is 0 Å². The van der Waals surface area contributed by atoms with E-state index < -0.39 is 35.5 Å². The molecular formula is C12H16O6. The molecule has 1 saturated heterocycles. The number of aliphatic hydroxyl groups is 2. The van der Waals surface area contributed by atoms with Gasteiger partial charge in [-0.1, -0.05) is 6.42 Å². The maximum atomic E-state index is 11.1. The van der Waals surface area contributed by atoms with Gasteiger partial charge in [-0.25, -0.2) is 4.79 Å². The van der Waals surface area contributed by atoms with Crippen LogP contribution in [0.4, 0.5) is 0 Å². The average molecular weight is 256 g/mol. The van der Waals surface area contributed by atoms with Crippen LogP contribution in [-0.4, -0.2) is 40.8 Å². The van der Waals surface area contributed by atoms with Crippen LogP contribution in [0.1, 0.15) is 32.1 Å². The van der Waals surface area contributed by atoms with Crippen molar-refractivity contribution in [3.05, 3.63) is 11.5 Å². The van der Waals surface area contributed by atoms with Crippen molar-refractivity contribution in [2.24, 2.45) is 0 Å². The summed E-state index contributed by atoms with van der Waals surface area (Å²) in [7, 11) is 0. The first-order valence-electron chi connectivity index (χ1n) is 6.26. The van der Waals surface area contributed by atoms with Gasteiger partial charge in [0.25, 0.3) is 0 Å². The molecule has 0 aromatic heterocycles. The van der Waals surface area contributed by atoms with Gasteiger partial charge < -0.3 is 24.4 Å². The second-order valence-electron chi connectivity index (χ2n) is 5.00. The van der Waals surface area contributed by atoms with Gasteiger partial charge in [-0.3, -0.25) is 0 Å². The molecule has 1 saturated carbocycles. The van der Waals surface area contributed by atoms with Crippen LogP contribution in [-0.2, 0) is 19.0 Å². The van der Waals surface area contributed by atoms with Crippen molar-refractivity contribution in [2.75, 3.05) is 6.61 Å². The SMILES string of the molecule is O=C1OC(C2COC3(CCCCC3)O2)C(O)=C1O. The summed E-state index contributed by atoms with van der Waals surface area (Å²) in [6.07, 6.45) is 3.41. The van der Waals surface area contributed by atoms with Gasteiger partial charge in [-0.15, -0.1) is 0 Å². The summed E-state index contributed by atoms with van der Waals surface area (Å²) >= 11 is 0. The standard InChI is InChI=1S/C12H16O6/c13-8-9(14)11(15)17-10(8)7-6-16-12(18-7)4-2-1-3-5-12/h7,10,13-14H,1-6H2. The number of rotatable bonds is 1. The van der Waals surface area contributed by atoms with Gasteiger partial charge in [0.15, 0.2) is 17.7 Å². The number of ether oxygens (including phenoxy) is 3. The first kappa shape index (κ1) is 11.8. The molecule has 3 rings (SSSR count). The molecule has 0 aromatic rings. The smallest absolute Gasteiger partial charge is 0.377 e. The van der Waals surface area contributed by atoms with Crippen LogP contribution >= 0.6 is 0 Å². The van der Waals surface area contributed by atoms with Crippen LogP contribution in [0.25, 0.3) is 0 Å². The molecule has 2 atom stereocenters. The van der Waals surface area contributed by atoms with E-state index in [-0.39, 0.29) is 6.61 Å². The van der Waals surface area contributed by atoms with Gasteiger partial charge in [-0.2, -0.15) is 0 Å². The Kier molecular flexibility index (Phi) is 2.71. The molecule has 2 aliphatic heterocycles. The highest BCUT2D eigenvalue weighted by Gasteiger charge is 2.50. The Labute approximate surface area is 104 Å². The molecule has 0 bridgehead atoms. The molecule has 1 aliphatic carbocycles. The molecule has 0 radical (unpaired) electrons. The van der Waals surface area contributed by atoms with Gasteiger partial charge in [0.2, 0.25) is 5.76 Å². The fourth-order valence-electron chi connectivity index (χ4n) is 2.80. The minimum atomic E-state index is -0.946. The van der Waals surface area contributed by atoms with Crippen LogP contribution < -0.4 is 0 Å². The number of esters is 1. The topological polar surface area (TPSA) is 85.2 Å². The number of hydrogen-bond acceptors (Lipinski definition) is 6. The first-order valence-corrected chi connectivity index (χ1v) is 6.26. The number of hydrogen-bond donors (Lipinski definition) is 2. The fraction of sp³-hybridized carbons (Fsp3) is 0.750. The van der Waals surface area contributed by atoms with E-state index in [0.717, 1.165) is 25.7 Å². The van der Waals surface area contributed by atoms with Crippen LogP contribution in [0, 0.1) is 0 Å². The van der Waals surface area contributed by atoms with E-state index in [1.165, 1.54) is 6.42 Å². The Morgan fingerprint density at radius 3 is 2.50 bits per heavy atom. The molecule has 2 fully saturated rings. The number of aliphatic hydroxyl groups excluding tert-OH is 2. The highest BCUT2D eigenvalue weighted by atomic mass is 16.8. The summed E-state index contributed by atoms with van der Waals surface area (Å²) in [5.74, 6) is -2.69. The van der Waals surface area contributed by atoms with E-state index in [0.29, 0.717) is 0 Å². The van der Waals surface area contributed by atoms with E-state index >= 15 is 0 Å². The van der Waals surface area contributed by atoms with E-state index in [1.807, 2.05) is 0 Å². The average Bonchev–Trinajstić information content (AvgIpc) is 2.88. The molecule has 100 valence electrons. The Morgan fingerprint density at radius 2 is 1.89 bits per heavy atom. The minimum Gasteiger partial charge on any atom is -0.505 e. The third-order valence-corrected chi connectivity index (χ3v) is 3.77. The Hall–Kier alpha value is -1.27. The lowest BCUT2D eigenvalue weighted by molar-refractivity contribution is -0.197. The summed E-state index contributed by atoms with van der Waals surface area (Å²) in [4.78, 5) is 11.1. The van der Waals surface area contributed by atoms with E-state index in [2.05, 4.69) is 0 Å². The molecule has 6 nitrogen and oxygen atoms in total. The predicted octanol–water partition coefficient (Wildman–Crippen LogP) is 1.32. The van der Waals surface area contributed by atoms with Crippen molar-refractivity contribution in [2.45, 2.75) is 50.1 Å². The third-order valence-electron chi connectivity index (χ3n) is 3.77. The molecule has 2 unspecified atom stereocenters. The molecule has 2 heterocycles. The molecule has 0 aromatic carbocycles. The lowest BCUT2D eigenvalue weighted by Gasteiger charge is -2.32. The largest absolute Gasteiger partial charge is 0.505 e. The maximum Gasteiger partial charge on any atom is 0.377 e. The monoisotopic (exact) mass is 256 g/mol. The van der Waals surface area contributed by atoms with Crippen molar-refractivity contribution in [3.63, 3.8) is 0 Å². The molecule has 0 amide bonds. The highest BCUT2D eigenvalue weighted by molar-refractivity contribution is 5.89. The zero-order chi connectivity index (χ0) is 12.8. The lowest BCUT2D eigenvalue weighted by atomic mass is 9.94. The minimum absolute atomic E-state index is 0.259. The lowest BCUT2D eigenvalue weighted by Crippen LogP contribution is -2.36. The van der Waals surface area contributed by atoms with Crippen molar-refractivity contribution >= 4 is 5.97 Å². The Bertz CT molecular complexity index is 395. The second kappa shape index (κ2) is 4.13. The first-order chi connectivity index (χ1) is 8.61. The van der Waals surface area contributed by atoms with Gasteiger partial charge in [0, 0.05) is 12.8 Å². The van der Waals surface area contributed by atoms with Gasteiger partial charge in [0.05, 0.1) is 6.61 Å². The molecule has 2 N–H and O–H groups in total. The molecule has 6 heteroatoms. The van der Waals surface area contributed by atoms with Crippen molar-refractivity contribution in [3.8, 4) is 0 Å². The van der Waals surface area contributed by atoms with Gasteiger partial charge in [0.1, 0.15) is 6.10 Å².